The van der Waals surface area contributed by atoms with E-state index in [1.807, 2.05) is 47.8 Å². The van der Waals surface area contributed by atoms with Gasteiger partial charge in [-0.1, -0.05) is 97.1 Å². The molecule has 1 aliphatic carbocycles. The van der Waals surface area contributed by atoms with E-state index in [1.54, 1.807) is 0 Å². The lowest BCUT2D eigenvalue weighted by Crippen LogP contribution is -2.41. The number of hydrogen-bond donors (Lipinski definition) is 1. The van der Waals surface area contributed by atoms with Crippen LogP contribution in [0.25, 0.3) is 0 Å². The molecule has 1 N–H and O–H groups in total. The van der Waals surface area contributed by atoms with Gasteiger partial charge in [0.25, 0.3) is 5.91 Å². The Hall–Kier alpha value is -3.17. The second kappa shape index (κ2) is 7.02. The molecule has 1 aliphatic rings. The fourth-order valence-corrected chi connectivity index (χ4v) is 5.24. The van der Waals surface area contributed by atoms with E-state index in [-0.39, 0.29) is 11.3 Å². The molecule has 1 unspecified atom stereocenters. The number of benzene rings is 3. The van der Waals surface area contributed by atoms with Crippen LogP contribution >= 0.6 is 11.3 Å². The van der Waals surface area contributed by atoms with Gasteiger partial charge in [0, 0.05) is 0 Å². The van der Waals surface area contributed by atoms with E-state index in [4.69, 9.17) is 0 Å². The number of carbonyl (C=O) groups is 1. The quantitative estimate of drug-likeness (QED) is 0.457. The zero-order chi connectivity index (χ0) is 19.7. The van der Waals surface area contributed by atoms with Gasteiger partial charge in [0.1, 0.15) is 0 Å². The average molecular weight is 396 g/mol. The van der Waals surface area contributed by atoms with E-state index in [1.165, 1.54) is 22.5 Å². The molecule has 142 valence electrons. The molecule has 5 rings (SSSR count). The van der Waals surface area contributed by atoms with E-state index < -0.39 is 5.54 Å². The first kappa shape index (κ1) is 17.9. The first-order chi connectivity index (χ1) is 14.3. The lowest BCUT2D eigenvalue weighted by Gasteiger charge is -2.29. The van der Waals surface area contributed by atoms with Crippen LogP contribution in [-0.2, 0) is 11.0 Å². The molecular weight excluding hydrogens is 374 g/mol. The summed E-state index contributed by atoms with van der Waals surface area (Å²) < 4.78 is 0. The van der Waals surface area contributed by atoms with Crippen LogP contribution in [0.1, 0.15) is 32.8 Å². The van der Waals surface area contributed by atoms with Gasteiger partial charge >= 0.3 is 0 Å². The van der Waals surface area contributed by atoms with Crippen molar-refractivity contribution in [3.8, 4) is 0 Å². The highest BCUT2D eigenvalue weighted by Gasteiger charge is 2.70. The maximum absolute atomic E-state index is 13.2. The lowest BCUT2D eigenvalue weighted by atomic mass is 9.81. The first-order valence-electron chi connectivity index (χ1n) is 9.79. The molecule has 0 aliphatic heterocycles. The van der Waals surface area contributed by atoms with Gasteiger partial charge in [-0.05, 0) is 34.6 Å². The molecule has 0 radical (unpaired) electrons. The molecule has 3 heteroatoms. The van der Waals surface area contributed by atoms with Crippen molar-refractivity contribution in [2.45, 2.75) is 17.4 Å². The highest BCUT2D eigenvalue weighted by atomic mass is 32.1. The van der Waals surface area contributed by atoms with E-state index in [9.17, 15) is 4.79 Å². The summed E-state index contributed by atoms with van der Waals surface area (Å²) in [6.45, 7) is 0. The van der Waals surface area contributed by atoms with Crippen LogP contribution < -0.4 is 5.32 Å². The molecule has 1 fully saturated rings. The predicted molar refractivity (Wildman–Crippen MR) is 118 cm³/mol. The highest BCUT2D eigenvalue weighted by Crippen LogP contribution is 2.67. The van der Waals surface area contributed by atoms with Gasteiger partial charge in [0.2, 0.25) is 0 Å². The Bertz CT molecular complexity index is 1070. The van der Waals surface area contributed by atoms with Crippen molar-refractivity contribution < 1.29 is 4.79 Å². The molecule has 29 heavy (non-hydrogen) atoms. The summed E-state index contributed by atoms with van der Waals surface area (Å²) in [5, 5.41) is 5.39. The van der Waals surface area contributed by atoms with Gasteiger partial charge in [-0.15, -0.1) is 11.3 Å². The van der Waals surface area contributed by atoms with Crippen LogP contribution in [0.15, 0.2) is 109 Å². The first-order valence-corrected chi connectivity index (χ1v) is 10.7. The van der Waals surface area contributed by atoms with Crippen LogP contribution in [0.2, 0.25) is 0 Å². The van der Waals surface area contributed by atoms with Crippen LogP contribution in [0, 0.1) is 0 Å². The summed E-state index contributed by atoms with van der Waals surface area (Å²) in [6.07, 6.45) is 0.829. The smallest absolute Gasteiger partial charge is 0.262 e. The summed E-state index contributed by atoms with van der Waals surface area (Å²) in [5.41, 5.74) is 2.79. The topological polar surface area (TPSA) is 29.1 Å². The molecular formula is C26H21NOS. The standard InChI is InChI=1S/C26H21NOS/c28-24(23-17-10-18-29-23)27-26(22-15-8-3-9-16-22)19-25(26,20-11-4-1-5-12-20)21-13-6-2-7-14-21/h1-18H,19H2,(H,27,28). The Morgan fingerprint density at radius 2 is 1.21 bits per heavy atom. The van der Waals surface area contributed by atoms with Gasteiger partial charge in [-0.3, -0.25) is 4.79 Å². The van der Waals surface area contributed by atoms with E-state index >= 15 is 0 Å². The Morgan fingerprint density at radius 1 is 0.690 bits per heavy atom. The second-order valence-electron chi connectivity index (χ2n) is 7.52. The molecule has 0 saturated heterocycles. The minimum atomic E-state index is -0.488. The van der Waals surface area contributed by atoms with Gasteiger partial charge in [0.15, 0.2) is 0 Å². The van der Waals surface area contributed by atoms with Crippen molar-refractivity contribution in [3.05, 3.63) is 130 Å². The van der Waals surface area contributed by atoms with Crippen molar-refractivity contribution in [2.75, 3.05) is 0 Å². The molecule has 2 nitrogen and oxygen atoms in total. The molecule has 1 saturated carbocycles. The van der Waals surface area contributed by atoms with Crippen molar-refractivity contribution in [1.29, 1.82) is 0 Å². The number of nitrogens with one attached hydrogen (secondary N) is 1. The number of thiophene rings is 1. The van der Waals surface area contributed by atoms with Crippen LogP contribution in [-0.4, -0.2) is 5.91 Å². The Balaban J connectivity index is 1.69. The zero-order valence-corrected chi connectivity index (χ0v) is 16.7. The third-order valence-corrected chi connectivity index (χ3v) is 6.87. The SMILES string of the molecule is O=C(NC1(c2ccccc2)CC1(c1ccccc1)c1ccccc1)c1cccs1. The van der Waals surface area contributed by atoms with Crippen LogP contribution in [0.5, 0.6) is 0 Å². The van der Waals surface area contributed by atoms with E-state index in [0.29, 0.717) is 0 Å². The van der Waals surface area contributed by atoms with Gasteiger partial charge in [-0.2, -0.15) is 0 Å². The maximum atomic E-state index is 13.2. The van der Waals surface area contributed by atoms with Crippen LogP contribution in [0.4, 0.5) is 0 Å². The summed E-state index contributed by atoms with van der Waals surface area (Å²) in [6, 6.07) is 35.3. The normalized spacial score (nSPS) is 19.4. The fourth-order valence-electron chi connectivity index (χ4n) is 4.62. The Labute approximate surface area is 174 Å². The summed E-state index contributed by atoms with van der Waals surface area (Å²) >= 11 is 1.47. The molecule has 1 amide bonds. The lowest BCUT2D eigenvalue weighted by molar-refractivity contribution is 0.0930. The second-order valence-corrected chi connectivity index (χ2v) is 8.46. The third-order valence-electron chi connectivity index (χ3n) is 6.01. The van der Waals surface area contributed by atoms with Gasteiger partial charge in [-0.25, -0.2) is 0 Å². The van der Waals surface area contributed by atoms with E-state index in [0.717, 1.165) is 16.9 Å². The molecule has 0 bridgehead atoms. The predicted octanol–water partition coefficient (Wildman–Crippen LogP) is 5.76. The fraction of sp³-hybridized carbons (Fsp3) is 0.115. The minimum absolute atomic E-state index is 0.0161. The third kappa shape index (κ3) is 2.81. The van der Waals surface area contributed by atoms with Crippen molar-refractivity contribution in [2.24, 2.45) is 0 Å². The number of hydrogen-bond acceptors (Lipinski definition) is 2. The monoisotopic (exact) mass is 395 g/mol. The zero-order valence-electron chi connectivity index (χ0n) is 15.9. The molecule has 3 aromatic carbocycles. The Morgan fingerprint density at radius 3 is 1.69 bits per heavy atom. The Kier molecular flexibility index (Phi) is 4.33. The minimum Gasteiger partial charge on any atom is -0.341 e. The number of amides is 1. The molecule has 1 heterocycles. The van der Waals surface area contributed by atoms with Crippen LogP contribution in [0.3, 0.4) is 0 Å². The number of rotatable bonds is 5. The molecule has 1 atom stereocenters. The largest absolute Gasteiger partial charge is 0.341 e. The summed E-state index contributed by atoms with van der Waals surface area (Å²) in [5.74, 6) is -0.0161. The number of carbonyl (C=O) groups excluding carboxylic acids is 1. The summed E-state index contributed by atoms with van der Waals surface area (Å²) in [7, 11) is 0. The van der Waals surface area contributed by atoms with Gasteiger partial charge < -0.3 is 5.32 Å². The molecule has 4 aromatic rings. The maximum Gasteiger partial charge on any atom is 0.262 e. The van der Waals surface area contributed by atoms with Gasteiger partial charge in [0.05, 0.1) is 15.8 Å². The highest BCUT2D eigenvalue weighted by molar-refractivity contribution is 7.12. The van der Waals surface area contributed by atoms with E-state index in [2.05, 4.69) is 66.0 Å². The summed E-state index contributed by atoms with van der Waals surface area (Å²) in [4.78, 5) is 13.9. The average Bonchev–Trinajstić information content (AvgIpc) is 3.16. The molecule has 0 spiro atoms. The molecule has 1 aromatic heterocycles. The van der Waals surface area contributed by atoms with Crippen molar-refractivity contribution >= 4 is 17.2 Å². The van der Waals surface area contributed by atoms with Crippen molar-refractivity contribution in [3.63, 3.8) is 0 Å². The van der Waals surface area contributed by atoms with Crippen molar-refractivity contribution in [1.82, 2.24) is 5.32 Å².